The molecule has 0 spiro atoms. The molecule has 35 heavy (non-hydrogen) atoms. The molecule has 0 aliphatic carbocycles. The van der Waals surface area contributed by atoms with E-state index < -0.39 is 0 Å². The largest absolute Gasteiger partial charge is 0.494 e. The number of carbonyl (C=O) groups is 2. The first-order valence-electron chi connectivity index (χ1n) is 12.3. The molecule has 1 amide bonds. The third kappa shape index (κ3) is 8.93. The van der Waals surface area contributed by atoms with Crippen LogP contribution >= 0.6 is 0 Å². The van der Waals surface area contributed by atoms with Gasteiger partial charge in [-0.05, 0) is 66.1 Å². The van der Waals surface area contributed by atoms with Crippen molar-refractivity contribution in [1.29, 1.82) is 0 Å². The summed E-state index contributed by atoms with van der Waals surface area (Å²) in [7, 11) is 0. The van der Waals surface area contributed by atoms with Gasteiger partial charge in [0, 0.05) is 19.4 Å². The number of benzene rings is 3. The summed E-state index contributed by atoms with van der Waals surface area (Å²) in [5.41, 5.74) is 5.42. The van der Waals surface area contributed by atoms with Crippen LogP contribution in [0, 0.1) is 6.92 Å². The van der Waals surface area contributed by atoms with Gasteiger partial charge in [-0.15, -0.1) is 0 Å². The second-order valence-corrected chi connectivity index (χ2v) is 8.61. The first-order valence-corrected chi connectivity index (χ1v) is 12.3. The number of esters is 1. The molecule has 3 aromatic rings. The van der Waals surface area contributed by atoms with Gasteiger partial charge in [-0.25, -0.2) is 0 Å². The van der Waals surface area contributed by atoms with Crippen molar-refractivity contribution < 1.29 is 19.1 Å². The topological polar surface area (TPSA) is 64.6 Å². The fourth-order valence-corrected chi connectivity index (χ4v) is 3.67. The van der Waals surface area contributed by atoms with Gasteiger partial charge < -0.3 is 14.8 Å². The molecule has 0 saturated carbocycles. The summed E-state index contributed by atoms with van der Waals surface area (Å²) in [4.78, 5) is 23.9. The summed E-state index contributed by atoms with van der Waals surface area (Å²) in [5.74, 6) is 0.608. The Balaban J connectivity index is 1.37. The Labute approximate surface area is 208 Å². The molecule has 3 rings (SSSR count). The standard InChI is InChI=1S/C30H35NO4/c1-3-19-31-29(32)10-7-20-34-28-17-16-27(23(2)21-28)22-35-30(33)18-13-24-11-14-26(15-12-24)25-8-5-4-6-9-25/h4-6,8-9,11-12,14-17,21H,3,7,10,13,18-20,22H2,1-2H3,(H,31,32). The van der Waals surface area contributed by atoms with Crippen molar-refractivity contribution in [3.8, 4) is 16.9 Å². The summed E-state index contributed by atoms with van der Waals surface area (Å²) in [6.07, 6.45) is 3.06. The van der Waals surface area contributed by atoms with E-state index in [0.717, 1.165) is 34.4 Å². The number of rotatable bonds is 13. The average Bonchev–Trinajstić information content (AvgIpc) is 2.89. The normalized spacial score (nSPS) is 10.6. The van der Waals surface area contributed by atoms with Gasteiger partial charge in [0.2, 0.25) is 5.91 Å². The quantitative estimate of drug-likeness (QED) is 0.243. The molecule has 0 heterocycles. The first-order chi connectivity index (χ1) is 17.0. The fraction of sp³-hybridized carbons (Fsp3) is 0.333. The highest BCUT2D eigenvalue weighted by molar-refractivity contribution is 5.75. The molecule has 0 unspecified atom stereocenters. The van der Waals surface area contributed by atoms with Gasteiger partial charge in [-0.1, -0.05) is 67.6 Å². The highest BCUT2D eigenvalue weighted by atomic mass is 16.5. The van der Waals surface area contributed by atoms with Gasteiger partial charge in [0.15, 0.2) is 0 Å². The maximum Gasteiger partial charge on any atom is 0.306 e. The lowest BCUT2D eigenvalue weighted by Crippen LogP contribution is -2.24. The van der Waals surface area contributed by atoms with E-state index >= 15 is 0 Å². The van der Waals surface area contributed by atoms with Crippen molar-refractivity contribution >= 4 is 11.9 Å². The van der Waals surface area contributed by atoms with E-state index in [4.69, 9.17) is 9.47 Å². The van der Waals surface area contributed by atoms with Crippen LogP contribution < -0.4 is 10.1 Å². The lowest BCUT2D eigenvalue weighted by molar-refractivity contribution is -0.144. The first kappa shape index (κ1) is 26.0. The summed E-state index contributed by atoms with van der Waals surface area (Å²) >= 11 is 0. The molecule has 0 aliphatic heterocycles. The number of hydrogen-bond donors (Lipinski definition) is 1. The molecule has 0 aliphatic rings. The number of nitrogens with one attached hydrogen (secondary N) is 1. The molecule has 0 radical (unpaired) electrons. The molecule has 5 nitrogen and oxygen atoms in total. The molecule has 184 valence electrons. The van der Waals surface area contributed by atoms with Crippen LogP contribution in [0.3, 0.4) is 0 Å². The van der Waals surface area contributed by atoms with Gasteiger partial charge >= 0.3 is 5.97 Å². The van der Waals surface area contributed by atoms with Crippen molar-refractivity contribution in [2.75, 3.05) is 13.2 Å². The van der Waals surface area contributed by atoms with Crippen LogP contribution in [0.15, 0.2) is 72.8 Å². The Morgan fingerprint density at radius 2 is 1.63 bits per heavy atom. The van der Waals surface area contributed by atoms with E-state index in [1.54, 1.807) is 0 Å². The SMILES string of the molecule is CCCNC(=O)CCCOc1ccc(COC(=O)CCc2ccc(-c3ccccc3)cc2)c(C)c1. The van der Waals surface area contributed by atoms with Gasteiger partial charge in [-0.2, -0.15) is 0 Å². The molecule has 0 atom stereocenters. The predicted octanol–water partition coefficient (Wildman–Crippen LogP) is 6.02. The number of carbonyl (C=O) groups excluding carboxylic acids is 2. The van der Waals surface area contributed by atoms with Crippen molar-refractivity contribution in [3.05, 3.63) is 89.5 Å². The lowest BCUT2D eigenvalue weighted by atomic mass is 10.0. The summed E-state index contributed by atoms with van der Waals surface area (Å²) in [6, 6.07) is 24.3. The molecular weight excluding hydrogens is 438 g/mol. The molecule has 5 heteroatoms. The van der Waals surface area contributed by atoms with Crippen LogP contribution in [-0.4, -0.2) is 25.0 Å². The zero-order chi connectivity index (χ0) is 24.9. The monoisotopic (exact) mass is 473 g/mol. The third-order valence-corrected chi connectivity index (χ3v) is 5.77. The minimum absolute atomic E-state index is 0.0630. The van der Waals surface area contributed by atoms with E-state index in [1.807, 2.05) is 50.2 Å². The maximum absolute atomic E-state index is 12.3. The second-order valence-electron chi connectivity index (χ2n) is 8.61. The van der Waals surface area contributed by atoms with E-state index in [1.165, 1.54) is 5.56 Å². The Bertz CT molecular complexity index is 1080. The fourth-order valence-electron chi connectivity index (χ4n) is 3.67. The van der Waals surface area contributed by atoms with Crippen molar-refractivity contribution in [1.82, 2.24) is 5.32 Å². The van der Waals surface area contributed by atoms with E-state index in [0.29, 0.717) is 38.8 Å². The Morgan fingerprint density at radius 3 is 2.34 bits per heavy atom. The van der Waals surface area contributed by atoms with Gasteiger partial charge in [0.05, 0.1) is 6.61 Å². The Hall–Kier alpha value is -3.60. The molecule has 1 N–H and O–H groups in total. The molecular formula is C30H35NO4. The van der Waals surface area contributed by atoms with E-state index in [2.05, 4.69) is 41.7 Å². The van der Waals surface area contributed by atoms with Crippen LogP contribution in [0.2, 0.25) is 0 Å². The second kappa shape index (κ2) is 14.0. The third-order valence-electron chi connectivity index (χ3n) is 5.77. The van der Waals surface area contributed by atoms with Crippen molar-refractivity contribution in [2.45, 2.75) is 52.6 Å². The smallest absolute Gasteiger partial charge is 0.306 e. The molecule has 0 saturated heterocycles. The molecule has 0 bridgehead atoms. The highest BCUT2D eigenvalue weighted by Crippen LogP contribution is 2.21. The Morgan fingerprint density at radius 1 is 0.886 bits per heavy atom. The summed E-state index contributed by atoms with van der Waals surface area (Å²) in [6.45, 7) is 5.45. The number of hydrogen-bond acceptors (Lipinski definition) is 4. The van der Waals surface area contributed by atoms with E-state index in [-0.39, 0.29) is 18.5 Å². The van der Waals surface area contributed by atoms with Crippen molar-refractivity contribution in [3.63, 3.8) is 0 Å². The zero-order valence-corrected chi connectivity index (χ0v) is 20.7. The number of amides is 1. The summed E-state index contributed by atoms with van der Waals surface area (Å²) in [5, 5.41) is 2.86. The Kier molecular flexibility index (Phi) is 10.4. The zero-order valence-electron chi connectivity index (χ0n) is 20.7. The highest BCUT2D eigenvalue weighted by Gasteiger charge is 2.08. The molecule has 0 aromatic heterocycles. The average molecular weight is 474 g/mol. The summed E-state index contributed by atoms with van der Waals surface area (Å²) < 4.78 is 11.3. The van der Waals surface area contributed by atoms with E-state index in [9.17, 15) is 9.59 Å². The van der Waals surface area contributed by atoms with Gasteiger partial charge in [-0.3, -0.25) is 9.59 Å². The van der Waals surface area contributed by atoms with Crippen LogP contribution in [-0.2, 0) is 27.4 Å². The van der Waals surface area contributed by atoms with Crippen molar-refractivity contribution in [2.24, 2.45) is 0 Å². The lowest BCUT2D eigenvalue weighted by Gasteiger charge is -2.11. The van der Waals surface area contributed by atoms with Crippen LogP contribution in [0.1, 0.15) is 49.3 Å². The van der Waals surface area contributed by atoms with Crippen LogP contribution in [0.25, 0.3) is 11.1 Å². The minimum Gasteiger partial charge on any atom is -0.494 e. The van der Waals surface area contributed by atoms with Crippen LogP contribution in [0.5, 0.6) is 5.75 Å². The number of ether oxygens (including phenoxy) is 2. The maximum atomic E-state index is 12.3. The number of aryl methyl sites for hydroxylation is 2. The molecule has 3 aromatic carbocycles. The van der Waals surface area contributed by atoms with Crippen LogP contribution in [0.4, 0.5) is 0 Å². The van der Waals surface area contributed by atoms with Gasteiger partial charge in [0.25, 0.3) is 0 Å². The molecule has 0 fully saturated rings. The predicted molar refractivity (Wildman–Crippen MR) is 139 cm³/mol. The minimum atomic E-state index is -0.210. The van der Waals surface area contributed by atoms with Gasteiger partial charge in [0.1, 0.15) is 12.4 Å².